The van der Waals surface area contributed by atoms with Gasteiger partial charge in [-0.05, 0) is 37.6 Å². The van der Waals surface area contributed by atoms with Gasteiger partial charge in [-0.3, -0.25) is 14.5 Å². The van der Waals surface area contributed by atoms with Gasteiger partial charge in [-0.25, -0.2) is 0 Å². The summed E-state index contributed by atoms with van der Waals surface area (Å²) in [6.45, 7) is 5.47. The van der Waals surface area contributed by atoms with Crippen molar-refractivity contribution in [3.8, 4) is 0 Å². The maximum Gasteiger partial charge on any atom is 0.261 e. The van der Waals surface area contributed by atoms with Crippen LogP contribution in [0.4, 0.5) is 0 Å². The number of carbonyl (C=O) groups is 2. The quantitative estimate of drug-likeness (QED) is 0.794. The van der Waals surface area contributed by atoms with Crippen molar-refractivity contribution >= 4 is 11.8 Å². The SMILES string of the molecule is CCCCn1c(C)ccc1CN1C(=O)c2ccccc2C1=O. The number of amides is 2. The fraction of sp³-hybridized carbons (Fsp3) is 0.333. The van der Waals surface area contributed by atoms with E-state index in [0.29, 0.717) is 17.7 Å². The number of unbranched alkanes of at least 4 members (excludes halogenated alkanes) is 1. The normalized spacial score (nSPS) is 13.8. The third-order valence-electron chi connectivity index (χ3n) is 4.22. The summed E-state index contributed by atoms with van der Waals surface area (Å²) in [6, 6.07) is 11.1. The molecule has 4 nitrogen and oxygen atoms in total. The van der Waals surface area contributed by atoms with E-state index in [9.17, 15) is 9.59 Å². The molecule has 0 fully saturated rings. The zero-order valence-electron chi connectivity index (χ0n) is 13.0. The van der Waals surface area contributed by atoms with Crippen LogP contribution in [-0.4, -0.2) is 21.3 Å². The standard InChI is InChI=1S/C18H20N2O2/c1-3-4-11-19-13(2)9-10-14(19)12-20-17(21)15-7-5-6-8-16(15)18(20)22/h5-10H,3-4,11-12H2,1-2H3. The molecule has 2 aromatic rings. The number of fused-ring (bicyclic) bond motifs is 1. The minimum absolute atomic E-state index is 0.193. The first-order valence-corrected chi connectivity index (χ1v) is 7.73. The molecular weight excluding hydrogens is 276 g/mol. The van der Waals surface area contributed by atoms with Crippen molar-refractivity contribution in [1.82, 2.24) is 9.47 Å². The Bertz CT molecular complexity index is 695. The van der Waals surface area contributed by atoms with Crippen LogP contribution in [0.3, 0.4) is 0 Å². The summed E-state index contributed by atoms with van der Waals surface area (Å²) >= 11 is 0. The lowest BCUT2D eigenvalue weighted by molar-refractivity contribution is 0.0638. The molecule has 0 aliphatic carbocycles. The summed E-state index contributed by atoms with van der Waals surface area (Å²) in [7, 11) is 0. The fourth-order valence-electron chi connectivity index (χ4n) is 2.94. The molecule has 1 aromatic carbocycles. The van der Waals surface area contributed by atoms with Gasteiger partial charge < -0.3 is 4.57 Å². The average molecular weight is 296 g/mol. The van der Waals surface area contributed by atoms with Crippen molar-refractivity contribution in [2.45, 2.75) is 39.8 Å². The van der Waals surface area contributed by atoms with Gasteiger partial charge >= 0.3 is 0 Å². The van der Waals surface area contributed by atoms with E-state index in [1.54, 1.807) is 24.3 Å². The lowest BCUT2D eigenvalue weighted by Gasteiger charge is -2.17. The second-order valence-corrected chi connectivity index (χ2v) is 5.71. The molecule has 0 bridgehead atoms. The van der Waals surface area contributed by atoms with Crippen molar-refractivity contribution in [3.05, 3.63) is 58.9 Å². The molecule has 0 spiro atoms. The highest BCUT2D eigenvalue weighted by atomic mass is 16.2. The van der Waals surface area contributed by atoms with E-state index in [1.165, 1.54) is 10.6 Å². The van der Waals surface area contributed by atoms with Crippen molar-refractivity contribution in [2.75, 3.05) is 0 Å². The van der Waals surface area contributed by atoms with Crippen molar-refractivity contribution in [2.24, 2.45) is 0 Å². The van der Waals surface area contributed by atoms with Crippen LogP contribution in [0.1, 0.15) is 51.9 Å². The number of aryl methyl sites for hydroxylation is 1. The number of benzene rings is 1. The average Bonchev–Trinajstić information content (AvgIpc) is 2.99. The van der Waals surface area contributed by atoms with Crippen LogP contribution in [-0.2, 0) is 13.1 Å². The predicted molar refractivity (Wildman–Crippen MR) is 84.7 cm³/mol. The van der Waals surface area contributed by atoms with E-state index in [-0.39, 0.29) is 11.8 Å². The Morgan fingerprint density at radius 1 is 0.955 bits per heavy atom. The highest BCUT2D eigenvalue weighted by molar-refractivity contribution is 6.21. The molecule has 0 unspecified atom stereocenters. The Kier molecular flexibility index (Phi) is 3.84. The number of hydrogen-bond donors (Lipinski definition) is 0. The maximum absolute atomic E-state index is 12.4. The molecule has 2 amide bonds. The molecule has 3 rings (SSSR count). The lowest BCUT2D eigenvalue weighted by Crippen LogP contribution is -2.30. The van der Waals surface area contributed by atoms with Crippen LogP contribution in [0, 0.1) is 6.92 Å². The van der Waals surface area contributed by atoms with Crippen LogP contribution in [0.5, 0.6) is 0 Å². The zero-order valence-corrected chi connectivity index (χ0v) is 13.0. The molecule has 1 aromatic heterocycles. The maximum atomic E-state index is 12.4. The summed E-state index contributed by atoms with van der Waals surface area (Å²) < 4.78 is 2.20. The van der Waals surface area contributed by atoms with Crippen molar-refractivity contribution < 1.29 is 9.59 Å². The molecule has 22 heavy (non-hydrogen) atoms. The fourth-order valence-corrected chi connectivity index (χ4v) is 2.94. The molecule has 4 heteroatoms. The number of rotatable bonds is 5. The molecule has 0 radical (unpaired) electrons. The second kappa shape index (κ2) is 5.79. The van der Waals surface area contributed by atoms with Crippen LogP contribution in [0.2, 0.25) is 0 Å². The number of aromatic nitrogens is 1. The summed E-state index contributed by atoms with van der Waals surface area (Å²) in [5, 5.41) is 0. The van der Waals surface area contributed by atoms with Gasteiger partial charge in [0.25, 0.3) is 11.8 Å². The van der Waals surface area contributed by atoms with Crippen LogP contribution < -0.4 is 0 Å². The van der Waals surface area contributed by atoms with Crippen LogP contribution in [0.15, 0.2) is 36.4 Å². The topological polar surface area (TPSA) is 42.3 Å². The van der Waals surface area contributed by atoms with Gasteiger partial charge in [-0.15, -0.1) is 0 Å². The highest BCUT2D eigenvalue weighted by Gasteiger charge is 2.35. The Morgan fingerprint density at radius 2 is 1.59 bits per heavy atom. The van der Waals surface area contributed by atoms with Gasteiger partial charge in [0.1, 0.15) is 0 Å². The van der Waals surface area contributed by atoms with Gasteiger partial charge in [0.2, 0.25) is 0 Å². The van der Waals surface area contributed by atoms with Crippen molar-refractivity contribution in [3.63, 3.8) is 0 Å². The Morgan fingerprint density at radius 3 is 2.18 bits per heavy atom. The van der Waals surface area contributed by atoms with Gasteiger partial charge in [0, 0.05) is 17.9 Å². The van der Waals surface area contributed by atoms with Gasteiger partial charge in [-0.1, -0.05) is 25.5 Å². The number of carbonyl (C=O) groups excluding carboxylic acids is 2. The highest BCUT2D eigenvalue weighted by Crippen LogP contribution is 2.25. The Hall–Kier alpha value is -2.36. The first-order chi connectivity index (χ1) is 10.6. The molecule has 0 saturated heterocycles. The van der Waals surface area contributed by atoms with E-state index in [0.717, 1.165) is 25.1 Å². The summed E-state index contributed by atoms with van der Waals surface area (Å²) in [5.41, 5.74) is 3.20. The summed E-state index contributed by atoms with van der Waals surface area (Å²) in [4.78, 5) is 26.2. The first-order valence-electron chi connectivity index (χ1n) is 7.73. The predicted octanol–water partition coefficient (Wildman–Crippen LogP) is 3.39. The first kappa shape index (κ1) is 14.6. The third kappa shape index (κ3) is 2.34. The zero-order chi connectivity index (χ0) is 15.7. The van der Waals surface area contributed by atoms with E-state index in [4.69, 9.17) is 0 Å². The second-order valence-electron chi connectivity index (χ2n) is 5.71. The van der Waals surface area contributed by atoms with E-state index in [1.807, 2.05) is 12.1 Å². The van der Waals surface area contributed by atoms with Crippen LogP contribution >= 0.6 is 0 Å². The van der Waals surface area contributed by atoms with E-state index >= 15 is 0 Å². The van der Waals surface area contributed by atoms with Gasteiger partial charge in [0.05, 0.1) is 17.7 Å². The lowest BCUT2D eigenvalue weighted by atomic mass is 10.1. The number of hydrogen-bond acceptors (Lipinski definition) is 2. The third-order valence-corrected chi connectivity index (χ3v) is 4.22. The summed E-state index contributed by atoms with van der Waals surface area (Å²) in [6.07, 6.45) is 2.20. The molecular formula is C18H20N2O2. The molecule has 0 N–H and O–H groups in total. The molecule has 114 valence electrons. The van der Waals surface area contributed by atoms with Crippen LogP contribution in [0.25, 0.3) is 0 Å². The largest absolute Gasteiger partial charge is 0.347 e. The minimum Gasteiger partial charge on any atom is -0.347 e. The monoisotopic (exact) mass is 296 g/mol. The number of imide groups is 1. The van der Waals surface area contributed by atoms with Gasteiger partial charge in [-0.2, -0.15) is 0 Å². The Labute approximate surface area is 130 Å². The molecule has 0 saturated carbocycles. The molecule has 2 heterocycles. The van der Waals surface area contributed by atoms with E-state index in [2.05, 4.69) is 18.4 Å². The van der Waals surface area contributed by atoms with E-state index < -0.39 is 0 Å². The molecule has 1 aliphatic rings. The minimum atomic E-state index is -0.193. The number of nitrogens with zero attached hydrogens (tertiary/aromatic N) is 2. The van der Waals surface area contributed by atoms with Crippen molar-refractivity contribution in [1.29, 1.82) is 0 Å². The smallest absolute Gasteiger partial charge is 0.261 e. The summed E-state index contributed by atoms with van der Waals surface area (Å²) in [5.74, 6) is -0.386. The van der Waals surface area contributed by atoms with Gasteiger partial charge in [0.15, 0.2) is 0 Å². The molecule has 0 atom stereocenters. The Balaban J connectivity index is 1.86. The molecule has 1 aliphatic heterocycles.